The third-order valence-corrected chi connectivity index (χ3v) is 5.76. The zero-order valence-electron chi connectivity index (χ0n) is 17.8. The summed E-state index contributed by atoms with van der Waals surface area (Å²) in [6, 6.07) is 8.07. The molecule has 0 unspecified atom stereocenters. The summed E-state index contributed by atoms with van der Waals surface area (Å²) >= 11 is 0. The summed E-state index contributed by atoms with van der Waals surface area (Å²) in [5, 5.41) is 9.98. The Labute approximate surface area is 172 Å². The molecule has 0 aromatic heterocycles. The zero-order chi connectivity index (χ0) is 21.3. The number of nitrogens with two attached hydrogens (primary N) is 1. The van der Waals surface area contributed by atoms with Gasteiger partial charge in [-0.15, -0.1) is 0 Å². The number of hydrogen-bond acceptors (Lipinski definition) is 6. The highest BCUT2D eigenvalue weighted by Gasteiger charge is 2.44. The maximum Gasteiger partial charge on any atom is 0.162 e. The number of ether oxygens (including phenoxy) is 2. The van der Waals surface area contributed by atoms with Crippen molar-refractivity contribution in [1.82, 2.24) is 4.90 Å². The summed E-state index contributed by atoms with van der Waals surface area (Å²) in [5.41, 5.74) is 10.2. The van der Waals surface area contributed by atoms with Crippen molar-refractivity contribution in [1.29, 1.82) is 5.26 Å². The van der Waals surface area contributed by atoms with Crippen molar-refractivity contribution < 1.29 is 14.3 Å². The van der Waals surface area contributed by atoms with Crippen LogP contribution in [-0.2, 0) is 9.53 Å². The second kappa shape index (κ2) is 7.92. The highest BCUT2D eigenvalue weighted by Crippen LogP contribution is 2.49. The van der Waals surface area contributed by atoms with Gasteiger partial charge in [0.2, 0.25) is 0 Å². The van der Waals surface area contributed by atoms with Crippen molar-refractivity contribution in [2.45, 2.75) is 39.5 Å². The number of nitriles is 1. The van der Waals surface area contributed by atoms with E-state index in [1.54, 1.807) is 14.2 Å². The van der Waals surface area contributed by atoms with E-state index >= 15 is 0 Å². The lowest BCUT2D eigenvalue weighted by atomic mass is 9.68. The Hall–Kier alpha value is -2.78. The molecule has 2 N–H and O–H groups in total. The van der Waals surface area contributed by atoms with E-state index in [1.165, 1.54) is 0 Å². The monoisotopic (exact) mass is 395 g/mol. The molecule has 29 heavy (non-hydrogen) atoms. The largest absolute Gasteiger partial charge is 0.496 e. The van der Waals surface area contributed by atoms with E-state index < -0.39 is 5.92 Å². The minimum atomic E-state index is -0.456. The molecule has 0 bridgehead atoms. The van der Waals surface area contributed by atoms with E-state index in [1.807, 2.05) is 30.0 Å². The first-order chi connectivity index (χ1) is 13.7. The average Bonchev–Trinajstić information content (AvgIpc) is 2.65. The van der Waals surface area contributed by atoms with Gasteiger partial charge in [0.25, 0.3) is 0 Å². The standard InChI is InChI=1S/C23H29N3O3/c1-14-10-15(6-7-19(14)29-5)20-16(13-24)22(25)26(8-9-28-4)17-11-23(2,3)12-18(27)21(17)20/h6-7,10,20H,8-9,11-12,25H2,1-5H3/t20-/m1/s1. The normalized spacial score (nSPS) is 21.2. The summed E-state index contributed by atoms with van der Waals surface area (Å²) in [4.78, 5) is 15.2. The Kier molecular flexibility index (Phi) is 5.72. The van der Waals surface area contributed by atoms with Crippen molar-refractivity contribution in [3.8, 4) is 11.8 Å². The first kappa shape index (κ1) is 20.9. The van der Waals surface area contributed by atoms with E-state index in [-0.39, 0.29) is 11.2 Å². The number of benzene rings is 1. The molecule has 1 aromatic carbocycles. The molecule has 154 valence electrons. The van der Waals surface area contributed by atoms with Gasteiger partial charge in [-0.2, -0.15) is 5.26 Å². The Balaban J connectivity index is 2.22. The van der Waals surface area contributed by atoms with Crippen molar-refractivity contribution >= 4 is 5.78 Å². The first-order valence-corrected chi connectivity index (χ1v) is 9.81. The SMILES string of the molecule is COCCN1C(N)=C(C#N)[C@@H](c2ccc(OC)c(C)c2)C2=C1CC(C)(C)CC2=O. The number of aryl methyl sites for hydroxylation is 1. The molecular weight excluding hydrogens is 366 g/mol. The lowest BCUT2D eigenvalue weighted by Gasteiger charge is -2.43. The van der Waals surface area contributed by atoms with Crippen LogP contribution in [0.2, 0.25) is 0 Å². The molecule has 3 rings (SSSR count). The van der Waals surface area contributed by atoms with Crippen molar-refractivity contribution in [2.75, 3.05) is 27.4 Å². The van der Waals surface area contributed by atoms with Crippen LogP contribution < -0.4 is 10.5 Å². The minimum Gasteiger partial charge on any atom is -0.496 e. The van der Waals surface area contributed by atoms with Crippen molar-refractivity contribution in [3.63, 3.8) is 0 Å². The highest BCUT2D eigenvalue weighted by molar-refractivity contribution is 6.00. The number of carbonyl (C=O) groups is 1. The number of ketones is 1. The zero-order valence-corrected chi connectivity index (χ0v) is 17.8. The number of rotatable bonds is 5. The van der Waals surface area contributed by atoms with E-state index in [4.69, 9.17) is 15.2 Å². The minimum absolute atomic E-state index is 0.0809. The number of hydrogen-bond donors (Lipinski definition) is 1. The molecule has 0 spiro atoms. The maximum absolute atomic E-state index is 13.3. The van der Waals surface area contributed by atoms with Crippen LogP contribution in [0.15, 0.2) is 40.9 Å². The van der Waals surface area contributed by atoms with E-state index in [2.05, 4.69) is 19.9 Å². The quantitative estimate of drug-likeness (QED) is 0.822. The van der Waals surface area contributed by atoms with Crippen LogP contribution >= 0.6 is 0 Å². The Morgan fingerprint density at radius 3 is 2.62 bits per heavy atom. The Morgan fingerprint density at radius 2 is 2.03 bits per heavy atom. The van der Waals surface area contributed by atoms with Gasteiger partial charge in [-0.1, -0.05) is 26.0 Å². The topological polar surface area (TPSA) is 88.6 Å². The lowest BCUT2D eigenvalue weighted by molar-refractivity contribution is -0.118. The number of nitrogens with zero attached hydrogens (tertiary/aromatic N) is 2. The molecule has 2 aliphatic rings. The third kappa shape index (κ3) is 3.75. The Morgan fingerprint density at radius 1 is 1.31 bits per heavy atom. The van der Waals surface area contributed by atoms with Crippen LogP contribution in [0.3, 0.4) is 0 Å². The van der Waals surface area contributed by atoms with E-state index in [9.17, 15) is 10.1 Å². The molecule has 1 atom stereocenters. The van der Waals surface area contributed by atoms with Crippen LogP contribution in [-0.4, -0.2) is 38.1 Å². The summed E-state index contributed by atoms with van der Waals surface area (Å²) < 4.78 is 10.6. The second-order valence-corrected chi connectivity index (χ2v) is 8.52. The molecule has 0 saturated carbocycles. The fourth-order valence-corrected chi connectivity index (χ4v) is 4.43. The molecule has 0 amide bonds. The summed E-state index contributed by atoms with van der Waals surface area (Å²) in [6.45, 7) is 7.10. The van der Waals surface area contributed by atoms with Crippen molar-refractivity contribution in [3.05, 3.63) is 52.0 Å². The third-order valence-electron chi connectivity index (χ3n) is 5.76. The molecule has 0 saturated heterocycles. The number of methoxy groups -OCH3 is 2. The van der Waals surface area contributed by atoms with E-state index in [0.29, 0.717) is 36.5 Å². The van der Waals surface area contributed by atoms with Gasteiger partial charge in [-0.05, 0) is 36.0 Å². The second-order valence-electron chi connectivity index (χ2n) is 8.52. The van der Waals surface area contributed by atoms with Gasteiger partial charge in [-0.25, -0.2) is 0 Å². The van der Waals surface area contributed by atoms with Gasteiger partial charge in [0, 0.05) is 31.3 Å². The first-order valence-electron chi connectivity index (χ1n) is 9.81. The molecule has 1 aromatic rings. The van der Waals surface area contributed by atoms with Gasteiger partial charge in [0.15, 0.2) is 5.78 Å². The van der Waals surface area contributed by atoms with E-state index in [0.717, 1.165) is 29.0 Å². The maximum atomic E-state index is 13.3. The molecule has 0 fully saturated rings. The summed E-state index contributed by atoms with van der Waals surface area (Å²) in [5.74, 6) is 0.804. The fraction of sp³-hybridized carbons (Fsp3) is 0.478. The van der Waals surface area contributed by atoms with Gasteiger partial charge in [0.1, 0.15) is 11.6 Å². The molecule has 1 aliphatic heterocycles. The molecule has 6 nitrogen and oxygen atoms in total. The molecule has 1 aliphatic carbocycles. The van der Waals surface area contributed by atoms with Gasteiger partial charge in [-0.3, -0.25) is 4.79 Å². The predicted octanol–water partition coefficient (Wildman–Crippen LogP) is 3.39. The summed E-state index contributed by atoms with van der Waals surface area (Å²) in [7, 11) is 3.26. The molecular formula is C23H29N3O3. The van der Waals surface area contributed by atoms with Crippen LogP contribution in [0.25, 0.3) is 0 Å². The van der Waals surface area contributed by atoms with Gasteiger partial charge >= 0.3 is 0 Å². The molecule has 6 heteroatoms. The van der Waals surface area contributed by atoms with Crippen LogP contribution in [0, 0.1) is 23.7 Å². The number of Topliss-reactive ketones (excluding diaryl/α,β-unsaturated/α-hetero) is 1. The van der Waals surface area contributed by atoms with Crippen LogP contribution in [0.1, 0.15) is 43.7 Å². The van der Waals surface area contributed by atoms with Gasteiger partial charge in [0.05, 0.1) is 31.3 Å². The fourth-order valence-electron chi connectivity index (χ4n) is 4.43. The predicted molar refractivity (Wildman–Crippen MR) is 111 cm³/mol. The van der Waals surface area contributed by atoms with Crippen LogP contribution in [0.4, 0.5) is 0 Å². The Bertz CT molecular complexity index is 937. The molecule has 1 heterocycles. The number of carbonyl (C=O) groups excluding carboxylic acids is 1. The summed E-state index contributed by atoms with van der Waals surface area (Å²) in [6.07, 6.45) is 1.18. The lowest BCUT2D eigenvalue weighted by Crippen LogP contribution is -2.43. The smallest absolute Gasteiger partial charge is 0.162 e. The van der Waals surface area contributed by atoms with Crippen LogP contribution in [0.5, 0.6) is 5.75 Å². The number of allylic oxidation sites excluding steroid dienone is 3. The highest BCUT2D eigenvalue weighted by atomic mass is 16.5. The van der Waals surface area contributed by atoms with Crippen molar-refractivity contribution in [2.24, 2.45) is 11.1 Å². The molecule has 0 radical (unpaired) electrons. The van der Waals surface area contributed by atoms with Gasteiger partial charge < -0.3 is 20.1 Å². The average molecular weight is 396 g/mol.